The second-order valence-electron chi connectivity index (χ2n) is 5.48. The summed E-state index contributed by atoms with van der Waals surface area (Å²) in [5, 5.41) is 12.4. The van der Waals surface area contributed by atoms with E-state index in [-0.39, 0.29) is 24.3 Å². The summed E-state index contributed by atoms with van der Waals surface area (Å²) in [5.41, 5.74) is 0.717. The van der Waals surface area contributed by atoms with E-state index in [1.54, 1.807) is 0 Å². The van der Waals surface area contributed by atoms with Crippen LogP contribution in [0.15, 0.2) is 30.3 Å². The van der Waals surface area contributed by atoms with E-state index in [0.29, 0.717) is 0 Å². The summed E-state index contributed by atoms with van der Waals surface area (Å²) in [6, 6.07) is 9.61. The van der Waals surface area contributed by atoms with Gasteiger partial charge in [0.15, 0.2) is 0 Å². The van der Waals surface area contributed by atoms with Crippen molar-refractivity contribution in [3.63, 3.8) is 0 Å². The molecule has 1 amide bonds. The molecule has 4 heteroatoms. The van der Waals surface area contributed by atoms with Crippen LogP contribution in [-0.2, 0) is 11.3 Å². The number of nitrogens with one attached hydrogen (secondary N) is 1. The lowest BCUT2D eigenvalue weighted by molar-refractivity contribution is 0.0788. The number of carbonyl (C=O) groups is 1. The first-order valence-corrected chi connectivity index (χ1v) is 6.74. The van der Waals surface area contributed by atoms with Gasteiger partial charge in [0, 0.05) is 5.54 Å². The summed E-state index contributed by atoms with van der Waals surface area (Å²) in [5.74, 6) is 0. The van der Waals surface area contributed by atoms with Gasteiger partial charge in [-0.25, -0.2) is 4.79 Å². The Morgan fingerprint density at radius 1 is 1.37 bits per heavy atom. The fraction of sp³-hybridized carbons (Fsp3) is 0.533. The standard InChI is InChI=1S/C15H21NO3/c1-15(9-7-13(17)8-10-15)16-14(18)19-11-12-5-3-2-4-6-12/h2-6,13,17H,7-11H2,1H3,(H,16,18). The molecule has 2 N–H and O–H groups in total. The zero-order valence-electron chi connectivity index (χ0n) is 11.3. The molecule has 1 aromatic carbocycles. The molecule has 1 aromatic rings. The Morgan fingerprint density at radius 3 is 2.63 bits per heavy atom. The number of hydrogen-bond donors (Lipinski definition) is 2. The van der Waals surface area contributed by atoms with Crippen molar-refractivity contribution in [2.45, 2.75) is 50.9 Å². The highest BCUT2D eigenvalue weighted by Crippen LogP contribution is 2.28. The molecule has 19 heavy (non-hydrogen) atoms. The number of rotatable bonds is 3. The van der Waals surface area contributed by atoms with Crippen LogP contribution in [0.2, 0.25) is 0 Å². The SMILES string of the molecule is CC1(NC(=O)OCc2ccccc2)CCC(O)CC1. The first-order chi connectivity index (χ1) is 9.07. The number of aliphatic hydroxyl groups excluding tert-OH is 1. The summed E-state index contributed by atoms with van der Waals surface area (Å²) in [4.78, 5) is 11.8. The van der Waals surface area contributed by atoms with Crippen LogP contribution in [-0.4, -0.2) is 22.8 Å². The van der Waals surface area contributed by atoms with E-state index in [0.717, 1.165) is 31.2 Å². The van der Waals surface area contributed by atoms with E-state index in [1.807, 2.05) is 37.3 Å². The molecule has 0 bridgehead atoms. The van der Waals surface area contributed by atoms with E-state index in [9.17, 15) is 9.90 Å². The lowest BCUT2D eigenvalue weighted by Gasteiger charge is -2.36. The number of alkyl carbamates (subject to hydrolysis) is 1. The molecule has 2 rings (SSSR count). The highest BCUT2D eigenvalue weighted by Gasteiger charge is 2.32. The third-order valence-corrected chi connectivity index (χ3v) is 3.68. The number of carbonyl (C=O) groups excluding carboxylic acids is 1. The van der Waals surface area contributed by atoms with Crippen LogP contribution < -0.4 is 5.32 Å². The van der Waals surface area contributed by atoms with Crippen LogP contribution in [0.3, 0.4) is 0 Å². The summed E-state index contributed by atoms with van der Waals surface area (Å²) in [7, 11) is 0. The molecule has 0 unspecified atom stereocenters. The van der Waals surface area contributed by atoms with E-state index in [2.05, 4.69) is 5.32 Å². The van der Waals surface area contributed by atoms with Crippen molar-refractivity contribution >= 4 is 6.09 Å². The predicted molar refractivity (Wildman–Crippen MR) is 72.6 cm³/mol. The second kappa shape index (κ2) is 6.06. The molecule has 0 radical (unpaired) electrons. The summed E-state index contributed by atoms with van der Waals surface area (Å²) < 4.78 is 5.21. The Kier molecular flexibility index (Phi) is 4.43. The zero-order valence-corrected chi connectivity index (χ0v) is 11.3. The van der Waals surface area contributed by atoms with Crippen LogP contribution in [0.1, 0.15) is 38.2 Å². The van der Waals surface area contributed by atoms with Crippen molar-refractivity contribution in [1.29, 1.82) is 0 Å². The molecule has 0 saturated heterocycles. The van der Waals surface area contributed by atoms with Gasteiger partial charge in [0.25, 0.3) is 0 Å². The highest BCUT2D eigenvalue weighted by molar-refractivity contribution is 5.68. The average molecular weight is 263 g/mol. The van der Waals surface area contributed by atoms with E-state index >= 15 is 0 Å². The third-order valence-electron chi connectivity index (χ3n) is 3.68. The lowest BCUT2D eigenvalue weighted by Crippen LogP contribution is -2.49. The Balaban J connectivity index is 1.78. The van der Waals surface area contributed by atoms with Crippen molar-refractivity contribution in [1.82, 2.24) is 5.32 Å². The van der Waals surface area contributed by atoms with Crippen LogP contribution in [0, 0.1) is 0 Å². The maximum atomic E-state index is 11.8. The van der Waals surface area contributed by atoms with Crippen molar-refractivity contribution in [2.24, 2.45) is 0 Å². The van der Waals surface area contributed by atoms with Gasteiger partial charge >= 0.3 is 6.09 Å². The fourth-order valence-electron chi connectivity index (χ4n) is 2.37. The number of aliphatic hydroxyl groups is 1. The first-order valence-electron chi connectivity index (χ1n) is 6.74. The molecule has 0 spiro atoms. The van der Waals surface area contributed by atoms with Crippen molar-refractivity contribution in [3.05, 3.63) is 35.9 Å². The van der Waals surface area contributed by atoms with Crippen LogP contribution in [0.5, 0.6) is 0 Å². The number of hydrogen-bond acceptors (Lipinski definition) is 3. The molecule has 1 aliphatic rings. The molecule has 4 nitrogen and oxygen atoms in total. The quantitative estimate of drug-likeness (QED) is 0.881. The van der Waals surface area contributed by atoms with Gasteiger partial charge < -0.3 is 15.2 Å². The number of amides is 1. The van der Waals surface area contributed by atoms with Crippen molar-refractivity contribution in [2.75, 3.05) is 0 Å². The van der Waals surface area contributed by atoms with Crippen LogP contribution >= 0.6 is 0 Å². The Labute approximate surface area is 113 Å². The minimum atomic E-state index is -0.386. The minimum Gasteiger partial charge on any atom is -0.445 e. The van der Waals surface area contributed by atoms with Gasteiger partial charge in [-0.05, 0) is 38.2 Å². The molecular weight excluding hydrogens is 242 g/mol. The molecule has 0 aliphatic heterocycles. The smallest absolute Gasteiger partial charge is 0.407 e. The van der Waals surface area contributed by atoms with Gasteiger partial charge in [-0.1, -0.05) is 30.3 Å². The normalized spacial score (nSPS) is 26.7. The van der Waals surface area contributed by atoms with Crippen LogP contribution in [0.25, 0.3) is 0 Å². The van der Waals surface area contributed by atoms with Gasteiger partial charge in [-0.15, -0.1) is 0 Å². The number of ether oxygens (including phenoxy) is 1. The summed E-state index contributed by atoms with van der Waals surface area (Å²) in [6.07, 6.45) is 2.42. The monoisotopic (exact) mass is 263 g/mol. The van der Waals surface area contributed by atoms with E-state index in [4.69, 9.17) is 4.74 Å². The number of benzene rings is 1. The fourth-order valence-corrected chi connectivity index (χ4v) is 2.37. The molecule has 1 aliphatic carbocycles. The minimum absolute atomic E-state index is 0.227. The second-order valence-corrected chi connectivity index (χ2v) is 5.48. The average Bonchev–Trinajstić information content (AvgIpc) is 2.41. The maximum absolute atomic E-state index is 11.8. The molecule has 1 saturated carbocycles. The topological polar surface area (TPSA) is 58.6 Å². The predicted octanol–water partition coefficient (Wildman–Crippen LogP) is 2.61. The molecule has 0 atom stereocenters. The van der Waals surface area contributed by atoms with Gasteiger partial charge in [0.2, 0.25) is 0 Å². The molecule has 1 fully saturated rings. The lowest BCUT2D eigenvalue weighted by atomic mass is 9.82. The summed E-state index contributed by atoms with van der Waals surface area (Å²) >= 11 is 0. The largest absolute Gasteiger partial charge is 0.445 e. The van der Waals surface area contributed by atoms with E-state index < -0.39 is 0 Å². The Bertz CT molecular complexity index is 411. The van der Waals surface area contributed by atoms with Gasteiger partial charge in [-0.2, -0.15) is 0 Å². The summed E-state index contributed by atoms with van der Waals surface area (Å²) in [6.45, 7) is 2.29. The molecule has 0 heterocycles. The first kappa shape index (κ1) is 13.9. The van der Waals surface area contributed by atoms with Gasteiger partial charge in [0.05, 0.1) is 6.10 Å². The van der Waals surface area contributed by atoms with Gasteiger partial charge in [0.1, 0.15) is 6.61 Å². The third kappa shape index (κ3) is 4.24. The van der Waals surface area contributed by atoms with Gasteiger partial charge in [-0.3, -0.25) is 0 Å². The van der Waals surface area contributed by atoms with Crippen LogP contribution in [0.4, 0.5) is 4.79 Å². The zero-order chi connectivity index (χ0) is 13.7. The molecule has 0 aromatic heterocycles. The van der Waals surface area contributed by atoms with E-state index in [1.165, 1.54) is 0 Å². The molecule has 104 valence electrons. The Morgan fingerprint density at radius 2 is 2.00 bits per heavy atom. The Hall–Kier alpha value is -1.55. The maximum Gasteiger partial charge on any atom is 0.407 e. The highest BCUT2D eigenvalue weighted by atomic mass is 16.5. The van der Waals surface area contributed by atoms with Crippen molar-refractivity contribution in [3.8, 4) is 0 Å². The molecular formula is C15H21NO3. The van der Waals surface area contributed by atoms with Crippen molar-refractivity contribution < 1.29 is 14.6 Å².